The number of β-amino-alcohol motifs (C(OH)–C–C–N with tert-alkyl or cyclic N) is 1. The summed E-state index contributed by atoms with van der Waals surface area (Å²) in [6.07, 6.45) is 1.71. The fourth-order valence-corrected chi connectivity index (χ4v) is 5.73. The third-order valence-electron chi connectivity index (χ3n) is 6.90. The van der Waals surface area contributed by atoms with Gasteiger partial charge in [-0.05, 0) is 66.4 Å². The van der Waals surface area contributed by atoms with Crippen molar-refractivity contribution >= 4 is 40.5 Å². The Hall–Kier alpha value is -3.15. The van der Waals surface area contributed by atoms with Crippen LogP contribution in [0.4, 0.5) is 10.1 Å². The molecule has 2 aliphatic heterocycles. The second kappa shape index (κ2) is 9.72. The maximum Gasteiger partial charge on any atom is 0.256 e. The minimum atomic E-state index is -0.553. The van der Waals surface area contributed by atoms with E-state index in [1.54, 1.807) is 49.3 Å². The summed E-state index contributed by atoms with van der Waals surface area (Å²) in [5.41, 5.74) is 1.84. The molecule has 2 saturated heterocycles. The molecular formula is C25H26FN5O3S2. The molecule has 2 aliphatic rings. The lowest BCUT2D eigenvalue weighted by Crippen LogP contribution is -2.53. The number of aryl methyl sites for hydroxylation is 1. The lowest BCUT2D eigenvalue weighted by molar-refractivity contribution is 0.00596. The number of aromatic nitrogens is 2. The van der Waals surface area contributed by atoms with E-state index in [4.69, 9.17) is 17.0 Å². The number of nitrogens with zero attached hydrogens (tertiary/aromatic N) is 4. The van der Waals surface area contributed by atoms with Crippen LogP contribution in [-0.2, 0) is 5.41 Å². The Labute approximate surface area is 217 Å². The Morgan fingerprint density at radius 1 is 1.28 bits per heavy atom. The molecule has 0 radical (unpaired) electrons. The highest BCUT2D eigenvalue weighted by Crippen LogP contribution is 2.42. The molecule has 8 nitrogen and oxygen atoms in total. The smallest absolute Gasteiger partial charge is 0.256 e. The molecule has 5 rings (SSSR count). The van der Waals surface area contributed by atoms with Crippen LogP contribution in [0.2, 0.25) is 0 Å². The number of carbonyl (C=O) groups is 1. The summed E-state index contributed by atoms with van der Waals surface area (Å²) < 4.78 is 24.1. The minimum Gasteiger partial charge on any atom is -0.497 e. The van der Waals surface area contributed by atoms with Crippen molar-refractivity contribution in [1.82, 2.24) is 19.2 Å². The van der Waals surface area contributed by atoms with Crippen molar-refractivity contribution in [2.45, 2.75) is 24.9 Å². The van der Waals surface area contributed by atoms with Gasteiger partial charge in [0, 0.05) is 32.2 Å². The van der Waals surface area contributed by atoms with E-state index in [0.29, 0.717) is 60.3 Å². The number of halogens is 1. The second-order valence-electron chi connectivity index (χ2n) is 9.17. The molecule has 36 heavy (non-hydrogen) atoms. The summed E-state index contributed by atoms with van der Waals surface area (Å²) in [6, 6.07) is 10.5. The Morgan fingerprint density at radius 2 is 2.08 bits per heavy atom. The van der Waals surface area contributed by atoms with E-state index < -0.39 is 11.5 Å². The molecule has 0 saturated carbocycles. The van der Waals surface area contributed by atoms with Crippen molar-refractivity contribution in [2.24, 2.45) is 0 Å². The predicted octanol–water partition coefficient (Wildman–Crippen LogP) is 3.20. The van der Waals surface area contributed by atoms with Gasteiger partial charge in [0.2, 0.25) is 0 Å². The molecule has 11 heteroatoms. The molecule has 1 amide bonds. The molecule has 0 spiro atoms. The van der Waals surface area contributed by atoms with Crippen LogP contribution >= 0.6 is 23.8 Å². The van der Waals surface area contributed by atoms with Gasteiger partial charge >= 0.3 is 0 Å². The van der Waals surface area contributed by atoms with Crippen molar-refractivity contribution in [3.05, 3.63) is 70.2 Å². The lowest BCUT2D eigenvalue weighted by atomic mass is 9.80. The first kappa shape index (κ1) is 24.5. The van der Waals surface area contributed by atoms with Crippen molar-refractivity contribution < 1.29 is 19.0 Å². The molecule has 3 aromatic rings. The van der Waals surface area contributed by atoms with Crippen LogP contribution in [0.1, 0.15) is 32.9 Å². The maximum atomic E-state index is 14.6. The molecule has 3 heterocycles. The number of anilines is 1. The summed E-state index contributed by atoms with van der Waals surface area (Å²) in [6.45, 7) is 3.45. The zero-order chi connectivity index (χ0) is 25.4. The van der Waals surface area contributed by atoms with Crippen LogP contribution in [0.3, 0.4) is 0 Å². The zero-order valence-electron chi connectivity index (χ0n) is 19.9. The third kappa shape index (κ3) is 4.42. The van der Waals surface area contributed by atoms with Crippen LogP contribution in [-0.4, -0.2) is 74.7 Å². The first-order valence-electron chi connectivity index (χ1n) is 11.6. The standard InChI is InChI=1S/C25H26FN5O3S2/c1-15-3-4-16(9-20(15)26)25(23-27-14-28-36-23)7-8-30(13-25)24(35)29-21-10-18(34-2)5-6-19(21)22(33)31-11-17(32)12-31/h3-6,9-10,14,17,32H,7-8,11-13H2,1-2H3,(H,29,35)/t25-/m0/s1. The number of likely N-dealkylation sites (tertiary alicyclic amines) is 2. The molecule has 2 fully saturated rings. The summed E-state index contributed by atoms with van der Waals surface area (Å²) >= 11 is 7.08. The van der Waals surface area contributed by atoms with Crippen molar-refractivity contribution in [2.75, 3.05) is 38.6 Å². The Morgan fingerprint density at radius 3 is 2.75 bits per heavy atom. The maximum absolute atomic E-state index is 14.6. The van der Waals surface area contributed by atoms with Gasteiger partial charge in [-0.1, -0.05) is 12.1 Å². The highest BCUT2D eigenvalue weighted by Gasteiger charge is 2.45. The van der Waals surface area contributed by atoms with Gasteiger partial charge in [0.25, 0.3) is 5.91 Å². The summed E-state index contributed by atoms with van der Waals surface area (Å²) in [4.78, 5) is 21.1. The second-order valence-corrected chi connectivity index (χ2v) is 10.3. The average molecular weight is 528 g/mol. The number of hydrogen-bond acceptors (Lipinski definition) is 7. The number of aliphatic hydroxyl groups is 1. The van der Waals surface area contributed by atoms with Crippen LogP contribution in [0, 0.1) is 12.7 Å². The van der Waals surface area contributed by atoms with Crippen LogP contribution in [0.25, 0.3) is 0 Å². The molecule has 0 bridgehead atoms. The lowest BCUT2D eigenvalue weighted by Gasteiger charge is -2.36. The molecule has 1 aromatic heterocycles. The van der Waals surface area contributed by atoms with Crippen LogP contribution in [0.5, 0.6) is 5.75 Å². The number of nitrogens with one attached hydrogen (secondary N) is 1. The number of amides is 1. The van der Waals surface area contributed by atoms with E-state index >= 15 is 0 Å². The van der Waals surface area contributed by atoms with Gasteiger partial charge in [0.05, 0.1) is 29.9 Å². The number of aliphatic hydroxyl groups excluding tert-OH is 1. The number of benzene rings is 2. The van der Waals surface area contributed by atoms with E-state index in [-0.39, 0.29) is 11.7 Å². The number of methoxy groups -OCH3 is 1. The summed E-state index contributed by atoms with van der Waals surface area (Å²) in [5, 5.41) is 14.1. The minimum absolute atomic E-state index is 0.187. The van der Waals surface area contributed by atoms with Gasteiger partial charge < -0.3 is 25.0 Å². The van der Waals surface area contributed by atoms with Gasteiger partial charge in [-0.25, -0.2) is 9.37 Å². The average Bonchev–Trinajstić information content (AvgIpc) is 3.54. The zero-order valence-corrected chi connectivity index (χ0v) is 21.5. The first-order chi connectivity index (χ1) is 17.3. The number of hydrogen-bond donors (Lipinski definition) is 2. The molecule has 0 unspecified atom stereocenters. The van der Waals surface area contributed by atoms with Crippen molar-refractivity contribution in [1.29, 1.82) is 0 Å². The summed E-state index contributed by atoms with van der Waals surface area (Å²) in [5.74, 6) is 0.138. The van der Waals surface area contributed by atoms with Crippen LogP contribution < -0.4 is 10.1 Å². The Bertz CT molecular complexity index is 1300. The topological polar surface area (TPSA) is 90.8 Å². The van der Waals surface area contributed by atoms with Gasteiger partial charge in [-0.2, -0.15) is 4.37 Å². The van der Waals surface area contributed by atoms with Gasteiger partial charge in [-0.3, -0.25) is 4.79 Å². The molecule has 2 N–H and O–H groups in total. The molecule has 1 atom stereocenters. The van der Waals surface area contributed by atoms with Gasteiger partial charge in [0.1, 0.15) is 22.9 Å². The number of rotatable bonds is 5. The van der Waals surface area contributed by atoms with Gasteiger partial charge in [-0.15, -0.1) is 0 Å². The number of thiocarbonyl (C=S) groups is 1. The number of carbonyl (C=O) groups excluding carboxylic acids is 1. The van der Waals surface area contributed by atoms with E-state index in [2.05, 4.69) is 14.7 Å². The normalized spacial score (nSPS) is 19.8. The Balaban J connectivity index is 1.41. The van der Waals surface area contributed by atoms with E-state index in [1.165, 1.54) is 17.9 Å². The Kier molecular flexibility index (Phi) is 6.62. The van der Waals surface area contributed by atoms with E-state index in [9.17, 15) is 14.3 Å². The number of ether oxygens (including phenoxy) is 1. The molecule has 188 valence electrons. The van der Waals surface area contributed by atoms with E-state index in [1.807, 2.05) is 11.0 Å². The fourth-order valence-electron chi connectivity index (χ4n) is 4.72. The molecule has 0 aliphatic carbocycles. The first-order valence-corrected chi connectivity index (χ1v) is 12.7. The molecular weight excluding hydrogens is 501 g/mol. The van der Waals surface area contributed by atoms with Crippen molar-refractivity contribution in [3.63, 3.8) is 0 Å². The highest BCUT2D eigenvalue weighted by molar-refractivity contribution is 7.80. The largest absolute Gasteiger partial charge is 0.497 e. The monoisotopic (exact) mass is 527 g/mol. The fraction of sp³-hybridized carbons (Fsp3) is 0.360. The highest BCUT2D eigenvalue weighted by atomic mass is 32.1. The van der Waals surface area contributed by atoms with Crippen molar-refractivity contribution in [3.8, 4) is 5.75 Å². The third-order valence-corrected chi connectivity index (χ3v) is 8.13. The van der Waals surface area contributed by atoms with E-state index in [0.717, 1.165) is 10.6 Å². The van der Waals surface area contributed by atoms with Crippen LogP contribution in [0.15, 0.2) is 42.7 Å². The molecule has 2 aromatic carbocycles. The summed E-state index contributed by atoms with van der Waals surface area (Å²) in [7, 11) is 1.56. The quantitative estimate of drug-likeness (QED) is 0.489. The predicted molar refractivity (Wildman–Crippen MR) is 139 cm³/mol. The SMILES string of the molecule is COc1ccc(C(=O)N2CC(O)C2)c(NC(=S)N2CC[C@](c3ccc(C)c(F)c3)(c3ncns3)C2)c1. The van der Waals surface area contributed by atoms with Gasteiger partial charge in [0.15, 0.2) is 5.11 Å².